The number of alkyl halides is 2. The van der Waals surface area contributed by atoms with Gasteiger partial charge in [-0.1, -0.05) is 17.3 Å². The Balaban J connectivity index is 1.44. The molecule has 3 aromatic rings. The van der Waals surface area contributed by atoms with E-state index in [4.69, 9.17) is 14.2 Å². The molecule has 0 spiro atoms. The van der Waals surface area contributed by atoms with E-state index in [1.54, 1.807) is 44.7 Å². The van der Waals surface area contributed by atoms with E-state index in [0.29, 0.717) is 36.0 Å². The first kappa shape index (κ1) is 28.6. The molecule has 1 fully saturated rings. The summed E-state index contributed by atoms with van der Waals surface area (Å²) in [7, 11) is 1.28. The summed E-state index contributed by atoms with van der Waals surface area (Å²) >= 11 is 0. The Kier molecular flexibility index (Phi) is 8.45. The van der Waals surface area contributed by atoms with Crippen molar-refractivity contribution >= 4 is 17.9 Å². The molecular formula is C26H31F2N7O5. The molecule has 3 heterocycles. The summed E-state index contributed by atoms with van der Waals surface area (Å²) in [5.74, 6) is 0.104. The third kappa shape index (κ3) is 6.61. The number of rotatable bonds is 7. The number of amides is 1. The molecule has 1 aromatic carbocycles. The first-order valence-corrected chi connectivity index (χ1v) is 12.6. The maximum absolute atomic E-state index is 12.9. The van der Waals surface area contributed by atoms with Crippen molar-refractivity contribution in [2.75, 3.05) is 31.6 Å². The molecule has 0 N–H and O–H groups in total. The highest BCUT2D eigenvalue weighted by atomic mass is 19.3. The van der Waals surface area contributed by atoms with Crippen molar-refractivity contribution in [1.82, 2.24) is 30.1 Å². The topological polar surface area (TPSA) is 125 Å². The van der Waals surface area contributed by atoms with Gasteiger partial charge in [-0.05, 0) is 45.9 Å². The molecule has 40 heavy (non-hydrogen) atoms. The summed E-state index contributed by atoms with van der Waals surface area (Å²) in [5.41, 5.74) is 1.02. The van der Waals surface area contributed by atoms with Gasteiger partial charge in [0.05, 0.1) is 25.0 Å². The Morgan fingerprint density at radius 2 is 1.77 bits per heavy atom. The predicted octanol–water partition coefficient (Wildman–Crippen LogP) is 3.48. The normalized spacial score (nSPS) is 15.8. The third-order valence-corrected chi connectivity index (χ3v) is 6.13. The largest absolute Gasteiger partial charge is 0.470 e. The summed E-state index contributed by atoms with van der Waals surface area (Å²) in [6, 6.07) is 8.21. The molecule has 0 unspecified atom stereocenters. The van der Waals surface area contributed by atoms with Crippen LogP contribution >= 0.6 is 0 Å². The number of carbonyl (C=O) groups is 2. The molecule has 1 saturated heterocycles. The van der Waals surface area contributed by atoms with Crippen LogP contribution in [0.4, 0.5) is 19.4 Å². The lowest BCUT2D eigenvalue weighted by Gasteiger charge is -2.40. The van der Waals surface area contributed by atoms with E-state index < -0.39 is 30.1 Å². The second-order valence-electron chi connectivity index (χ2n) is 10.1. The average molecular weight is 560 g/mol. The fourth-order valence-electron chi connectivity index (χ4n) is 4.08. The van der Waals surface area contributed by atoms with E-state index in [1.165, 1.54) is 41.0 Å². The number of hydrogen-bond donors (Lipinski definition) is 0. The SMILES string of the molecule is COC(=O)[C@@H]1CN(C(=O)OC(C)(C)C)CCN1c1ccc(OCc2c(C)nnn2-c2ccc(C(F)F)cc2)nn1. The van der Waals surface area contributed by atoms with Crippen LogP contribution in [0.25, 0.3) is 5.69 Å². The lowest BCUT2D eigenvalue weighted by atomic mass is 10.1. The molecule has 1 aliphatic rings. The smallest absolute Gasteiger partial charge is 0.410 e. The molecule has 0 aliphatic carbocycles. The van der Waals surface area contributed by atoms with E-state index in [1.807, 2.05) is 0 Å². The van der Waals surface area contributed by atoms with Gasteiger partial charge in [0.15, 0.2) is 5.82 Å². The molecule has 2 aromatic heterocycles. The van der Waals surface area contributed by atoms with Crippen LogP contribution in [0.2, 0.25) is 0 Å². The first-order valence-electron chi connectivity index (χ1n) is 12.6. The van der Waals surface area contributed by atoms with Gasteiger partial charge in [-0.15, -0.1) is 15.3 Å². The summed E-state index contributed by atoms with van der Waals surface area (Å²) in [6.07, 6.45) is -3.07. The molecule has 1 amide bonds. The van der Waals surface area contributed by atoms with E-state index in [0.717, 1.165) is 0 Å². The van der Waals surface area contributed by atoms with Crippen molar-refractivity contribution in [3.63, 3.8) is 0 Å². The molecule has 14 heteroatoms. The Morgan fingerprint density at radius 3 is 2.38 bits per heavy atom. The average Bonchev–Trinajstić information content (AvgIpc) is 3.30. The van der Waals surface area contributed by atoms with Crippen LogP contribution in [0, 0.1) is 6.92 Å². The molecular weight excluding hydrogens is 528 g/mol. The van der Waals surface area contributed by atoms with Gasteiger partial charge in [-0.25, -0.2) is 23.1 Å². The van der Waals surface area contributed by atoms with Gasteiger partial charge in [-0.3, -0.25) is 0 Å². The van der Waals surface area contributed by atoms with Crippen LogP contribution in [0.1, 0.15) is 44.1 Å². The number of methoxy groups -OCH3 is 1. The number of piperazine rings is 1. The van der Waals surface area contributed by atoms with Gasteiger partial charge >= 0.3 is 12.1 Å². The monoisotopic (exact) mass is 559 g/mol. The standard InChI is InChI=1S/C26H31F2N7O5/c1-16-20(35(32-29-16)18-8-6-17(7-9-18)23(27)28)15-39-22-11-10-21(30-31-22)34-13-12-33(14-19(34)24(36)38-5)25(37)40-26(2,3)4/h6-11,19,23H,12-15H2,1-5H3/t19-/m0/s1. The fraction of sp³-hybridized carbons (Fsp3) is 0.462. The van der Waals surface area contributed by atoms with Crippen molar-refractivity contribution in [1.29, 1.82) is 0 Å². The number of carbonyl (C=O) groups excluding carboxylic acids is 2. The number of nitrogens with zero attached hydrogens (tertiary/aromatic N) is 7. The van der Waals surface area contributed by atoms with Gasteiger partial charge < -0.3 is 24.0 Å². The minimum Gasteiger partial charge on any atom is -0.470 e. The van der Waals surface area contributed by atoms with Crippen LogP contribution in [0.5, 0.6) is 5.88 Å². The van der Waals surface area contributed by atoms with Gasteiger partial charge in [0, 0.05) is 24.7 Å². The Bertz CT molecular complexity index is 1330. The molecule has 1 atom stereocenters. The molecule has 0 radical (unpaired) electrons. The molecule has 0 bridgehead atoms. The highest BCUT2D eigenvalue weighted by molar-refractivity contribution is 5.81. The zero-order chi connectivity index (χ0) is 29.0. The predicted molar refractivity (Wildman–Crippen MR) is 138 cm³/mol. The van der Waals surface area contributed by atoms with Crippen molar-refractivity contribution < 1.29 is 32.6 Å². The van der Waals surface area contributed by atoms with Crippen molar-refractivity contribution in [3.8, 4) is 11.6 Å². The van der Waals surface area contributed by atoms with Gasteiger partial charge in [0.25, 0.3) is 6.43 Å². The highest BCUT2D eigenvalue weighted by Crippen LogP contribution is 2.24. The highest BCUT2D eigenvalue weighted by Gasteiger charge is 2.37. The van der Waals surface area contributed by atoms with Gasteiger partial charge in [0.2, 0.25) is 5.88 Å². The van der Waals surface area contributed by atoms with Gasteiger partial charge in [0.1, 0.15) is 23.9 Å². The Morgan fingerprint density at radius 1 is 1.05 bits per heavy atom. The minimum atomic E-state index is -2.56. The zero-order valence-electron chi connectivity index (χ0n) is 22.9. The number of ether oxygens (including phenoxy) is 3. The first-order chi connectivity index (χ1) is 19.0. The molecule has 12 nitrogen and oxygen atoms in total. The summed E-state index contributed by atoms with van der Waals surface area (Å²) < 4.78 is 43.6. The Hall–Kier alpha value is -4.36. The second kappa shape index (κ2) is 11.8. The minimum absolute atomic E-state index is 0.0445. The van der Waals surface area contributed by atoms with Crippen LogP contribution in [0.15, 0.2) is 36.4 Å². The third-order valence-electron chi connectivity index (χ3n) is 6.13. The molecule has 214 valence electrons. The van der Waals surface area contributed by atoms with Crippen molar-refractivity contribution in [3.05, 3.63) is 53.3 Å². The van der Waals surface area contributed by atoms with Crippen LogP contribution in [0.3, 0.4) is 0 Å². The fourth-order valence-corrected chi connectivity index (χ4v) is 4.08. The summed E-state index contributed by atoms with van der Waals surface area (Å²) in [4.78, 5) is 28.3. The van der Waals surface area contributed by atoms with Crippen molar-refractivity contribution in [2.45, 2.75) is 52.4 Å². The van der Waals surface area contributed by atoms with Crippen molar-refractivity contribution in [2.24, 2.45) is 0 Å². The maximum atomic E-state index is 12.9. The van der Waals surface area contributed by atoms with Crippen LogP contribution in [-0.2, 0) is 20.9 Å². The van der Waals surface area contributed by atoms with E-state index >= 15 is 0 Å². The number of benzene rings is 1. The number of aromatic nitrogens is 5. The van der Waals surface area contributed by atoms with Gasteiger partial charge in [-0.2, -0.15) is 0 Å². The van der Waals surface area contributed by atoms with Crippen LogP contribution < -0.4 is 9.64 Å². The number of halogens is 2. The van der Waals surface area contributed by atoms with E-state index in [9.17, 15) is 18.4 Å². The second-order valence-corrected chi connectivity index (χ2v) is 10.1. The van der Waals surface area contributed by atoms with Crippen LogP contribution in [-0.4, -0.2) is 80.5 Å². The van der Waals surface area contributed by atoms with E-state index in [2.05, 4.69) is 20.5 Å². The quantitative estimate of drug-likeness (QED) is 0.397. The number of hydrogen-bond acceptors (Lipinski definition) is 10. The molecule has 1 aliphatic heterocycles. The Labute approximate surface area is 229 Å². The summed E-state index contributed by atoms with van der Waals surface area (Å²) in [5, 5.41) is 16.5. The maximum Gasteiger partial charge on any atom is 0.410 e. The number of esters is 1. The lowest BCUT2D eigenvalue weighted by molar-refractivity contribution is -0.143. The zero-order valence-corrected chi connectivity index (χ0v) is 22.9. The number of anilines is 1. The van der Waals surface area contributed by atoms with E-state index in [-0.39, 0.29) is 24.6 Å². The number of aryl methyl sites for hydroxylation is 1. The lowest BCUT2D eigenvalue weighted by Crippen LogP contribution is -2.59. The summed E-state index contributed by atoms with van der Waals surface area (Å²) in [6.45, 7) is 7.82. The molecule has 4 rings (SSSR count). The molecule has 0 saturated carbocycles.